The Morgan fingerprint density at radius 2 is 1.81 bits per heavy atom. The number of rotatable bonds is 13. The summed E-state index contributed by atoms with van der Waals surface area (Å²) in [5, 5.41) is 1.71. The van der Waals surface area contributed by atoms with Gasteiger partial charge in [-0.15, -0.1) is 11.8 Å². The summed E-state index contributed by atoms with van der Waals surface area (Å²) in [6.07, 6.45) is 7.65. The molecule has 2 aromatic heterocycles. The van der Waals surface area contributed by atoms with Gasteiger partial charge in [0.25, 0.3) is 0 Å². The largest absolute Gasteiger partial charge is 0.487 e. The fourth-order valence-electron chi connectivity index (χ4n) is 5.71. The van der Waals surface area contributed by atoms with E-state index in [4.69, 9.17) is 14.5 Å². The summed E-state index contributed by atoms with van der Waals surface area (Å²) >= 11 is 1.94. The van der Waals surface area contributed by atoms with Crippen LogP contribution in [-0.2, 0) is 35.5 Å². The second kappa shape index (κ2) is 13.4. The van der Waals surface area contributed by atoms with Crippen LogP contribution in [0.5, 0.6) is 5.75 Å². The van der Waals surface area contributed by atoms with Gasteiger partial charge in [-0.25, -0.2) is 0 Å². The molecule has 5 rings (SSSR count). The van der Waals surface area contributed by atoms with Gasteiger partial charge in [0.05, 0.1) is 17.7 Å². The maximum absolute atomic E-state index is 13.1. The third-order valence-electron chi connectivity index (χ3n) is 8.10. The first-order chi connectivity index (χ1) is 20.3. The second-order valence-electron chi connectivity index (χ2n) is 12.1. The Kier molecular flexibility index (Phi) is 9.62. The third-order valence-corrected chi connectivity index (χ3v) is 9.34. The highest BCUT2D eigenvalue weighted by molar-refractivity contribution is 8.00. The van der Waals surface area contributed by atoms with Crippen molar-refractivity contribution in [3.63, 3.8) is 0 Å². The molecular formula is C36H44N2O3S. The molecule has 1 aliphatic heterocycles. The molecule has 3 heterocycles. The van der Waals surface area contributed by atoms with Gasteiger partial charge in [0.2, 0.25) is 0 Å². The third kappa shape index (κ3) is 6.54. The first kappa shape index (κ1) is 30.2. The molecule has 0 aliphatic carbocycles. The van der Waals surface area contributed by atoms with Gasteiger partial charge in [-0.05, 0) is 56.9 Å². The Labute approximate surface area is 255 Å². The number of thioether (sulfide) groups is 1. The van der Waals surface area contributed by atoms with E-state index in [1.807, 2.05) is 50.0 Å². The molecule has 0 spiro atoms. The summed E-state index contributed by atoms with van der Waals surface area (Å²) in [7, 11) is 0. The van der Waals surface area contributed by atoms with Crippen LogP contribution in [0.25, 0.3) is 22.0 Å². The normalized spacial score (nSPS) is 14.7. The number of unbranched alkanes of at least 4 members (excludes halogenated alkanes) is 2. The molecule has 0 fully saturated rings. The van der Waals surface area contributed by atoms with E-state index >= 15 is 0 Å². The highest BCUT2D eigenvalue weighted by Gasteiger charge is 2.35. The van der Waals surface area contributed by atoms with Crippen molar-refractivity contribution in [3.05, 3.63) is 77.7 Å². The van der Waals surface area contributed by atoms with Crippen molar-refractivity contribution >= 4 is 28.6 Å². The molecule has 0 amide bonds. The van der Waals surface area contributed by atoms with Gasteiger partial charge in [-0.1, -0.05) is 70.0 Å². The zero-order valence-corrected chi connectivity index (χ0v) is 26.6. The minimum atomic E-state index is -0.610. The molecule has 222 valence electrons. The lowest BCUT2D eigenvalue weighted by Gasteiger charge is -2.26. The molecule has 0 bridgehead atoms. The maximum atomic E-state index is 13.1. The van der Waals surface area contributed by atoms with Gasteiger partial charge in [0, 0.05) is 57.0 Å². The van der Waals surface area contributed by atoms with E-state index in [1.54, 1.807) is 0 Å². The molecule has 4 aromatic rings. The molecule has 2 aromatic carbocycles. The van der Waals surface area contributed by atoms with Crippen molar-refractivity contribution in [2.24, 2.45) is 5.41 Å². The monoisotopic (exact) mass is 584 g/mol. The predicted molar refractivity (Wildman–Crippen MR) is 173 cm³/mol. The van der Waals surface area contributed by atoms with Gasteiger partial charge in [-0.3, -0.25) is 9.78 Å². The highest BCUT2D eigenvalue weighted by Crippen LogP contribution is 2.48. The van der Waals surface area contributed by atoms with Crippen molar-refractivity contribution in [1.29, 1.82) is 0 Å². The van der Waals surface area contributed by atoms with Crippen molar-refractivity contribution in [1.82, 2.24) is 9.55 Å². The molecule has 42 heavy (non-hydrogen) atoms. The lowest BCUT2D eigenvalue weighted by molar-refractivity contribution is -0.154. The average Bonchev–Trinajstić information content (AvgIpc) is 3.28. The zero-order chi connectivity index (χ0) is 29.7. The molecular weight excluding hydrogens is 540 g/mol. The summed E-state index contributed by atoms with van der Waals surface area (Å²) in [5.41, 5.74) is 6.33. The summed E-state index contributed by atoms with van der Waals surface area (Å²) in [5.74, 6) is 0.821. The van der Waals surface area contributed by atoms with Crippen molar-refractivity contribution in [3.8, 4) is 16.9 Å². The highest BCUT2D eigenvalue weighted by atomic mass is 32.2. The predicted octanol–water partition coefficient (Wildman–Crippen LogP) is 9.03. The van der Waals surface area contributed by atoms with Crippen molar-refractivity contribution < 1.29 is 14.3 Å². The van der Waals surface area contributed by atoms with Crippen molar-refractivity contribution in [2.75, 3.05) is 6.61 Å². The maximum Gasteiger partial charge on any atom is 0.311 e. The number of aryl methyl sites for hydroxylation is 1. The van der Waals surface area contributed by atoms with Crippen LogP contribution in [0, 0.1) is 5.41 Å². The van der Waals surface area contributed by atoms with Gasteiger partial charge >= 0.3 is 5.97 Å². The molecule has 6 heteroatoms. The van der Waals surface area contributed by atoms with E-state index in [1.165, 1.54) is 27.1 Å². The van der Waals surface area contributed by atoms with Crippen LogP contribution in [0.4, 0.5) is 0 Å². The SMILES string of the molecule is CCCCOC(=O)C(C)(C)Cc1c2c3c(c(OCc4ccc(-c5ccccc5)cn4)ccc3n1CCCC)CC(C)S2. The van der Waals surface area contributed by atoms with Crippen LogP contribution in [0.3, 0.4) is 0 Å². The number of carbonyl (C=O) groups excluding carboxylic acids is 1. The lowest BCUT2D eigenvalue weighted by atomic mass is 9.87. The zero-order valence-electron chi connectivity index (χ0n) is 25.7. The van der Waals surface area contributed by atoms with E-state index in [-0.39, 0.29) is 5.97 Å². The Hall–Kier alpha value is -3.25. The van der Waals surface area contributed by atoms with Gasteiger partial charge in [0.15, 0.2) is 0 Å². The molecule has 1 atom stereocenters. The minimum Gasteiger partial charge on any atom is -0.487 e. The number of carbonyl (C=O) groups is 1. The molecule has 0 N–H and O–H groups in total. The Balaban J connectivity index is 1.45. The summed E-state index contributed by atoms with van der Waals surface area (Å²) in [6.45, 7) is 12.5. The average molecular weight is 585 g/mol. The van der Waals surface area contributed by atoms with Crippen LogP contribution < -0.4 is 4.74 Å². The number of aromatic nitrogens is 2. The van der Waals surface area contributed by atoms with E-state index in [0.717, 1.165) is 61.2 Å². The molecule has 0 saturated heterocycles. The van der Waals surface area contributed by atoms with Gasteiger partial charge < -0.3 is 14.0 Å². The topological polar surface area (TPSA) is 53.4 Å². The van der Waals surface area contributed by atoms with Gasteiger partial charge in [0.1, 0.15) is 12.4 Å². The number of esters is 1. The van der Waals surface area contributed by atoms with Crippen LogP contribution in [-0.4, -0.2) is 27.4 Å². The van der Waals surface area contributed by atoms with Crippen LogP contribution in [0.1, 0.15) is 77.3 Å². The quantitative estimate of drug-likeness (QED) is 0.116. The molecule has 1 aliphatic rings. The van der Waals surface area contributed by atoms with Gasteiger partial charge in [-0.2, -0.15) is 0 Å². The Morgan fingerprint density at radius 3 is 2.52 bits per heavy atom. The van der Waals surface area contributed by atoms with E-state index < -0.39 is 5.41 Å². The first-order valence-corrected chi connectivity index (χ1v) is 16.3. The van der Waals surface area contributed by atoms with Crippen molar-refractivity contribution in [2.45, 2.75) is 96.4 Å². The minimum absolute atomic E-state index is 0.112. The number of hydrogen-bond donors (Lipinski definition) is 0. The fourth-order valence-corrected chi connectivity index (χ4v) is 7.02. The van der Waals surface area contributed by atoms with E-state index in [2.05, 4.69) is 61.7 Å². The lowest BCUT2D eigenvalue weighted by Crippen LogP contribution is -2.30. The number of hydrogen-bond acceptors (Lipinski definition) is 5. The van der Waals surface area contributed by atoms with Crippen LogP contribution in [0.15, 0.2) is 65.7 Å². The number of pyridine rings is 1. The summed E-state index contributed by atoms with van der Waals surface area (Å²) in [4.78, 5) is 19.1. The number of nitrogens with zero attached hydrogens (tertiary/aromatic N) is 2. The fraction of sp³-hybridized carbons (Fsp3) is 0.444. The second-order valence-corrected chi connectivity index (χ2v) is 13.5. The van der Waals surface area contributed by atoms with E-state index in [9.17, 15) is 4.79 Å². The standard InChI is InChI=1S/C36H44N2O3S/c1-6-8-19-38-30-17-18-32(41-24-28-16-15-27(23-37-28)26-13-11-10-12-14-26)29-21-25(3)42-34(33(29)30)31(38)22-36(4,5)35(39)40-20-9-7-2/h10-18,23,25H,6-9,19-22,24H2,1-5H3. The number of benzene rings is 2. The summed E-state index contributed by atoms with van der Waals surface area (Å²) < 4.78 is 14.6. The first-order valence-electron chi connectivity index (χ1n) is 15.5. The Bertz CT molecular complexity index is 1510. The summed E-state index contributed by atoms with van der Waals surface area (Å²) in [6, 6.07) is 18.8. The van der Waals surface area contributed by atoms with Crippen LogP contribution in [0.2, 0.25) is 0 Å². The molecule has 0 saturated carbocycles. The molecule has 5 nitrogen and oxygen atoms in total. The molecule has 0 radical (unpaired) electrons. The molecule has 1 unspecified atom stereocenters. The van der Waals surface area contributed by atoms with E-state index in [0.29, 0.717) is 24.9 Å². The van der Waals surface area contributed by atoms with Crippen LogP contribution >= 0.6 is 11.8 Å². The Morgan fingerprint density at radius 1 is 1.02 bits per heavy atom. The number of ether oxygens (including phenoxy) is 2. The smallest absolute Gasteiger partial charge is 0.311 e.